The van der Waals surface area contributed by atoms with Crippen LogP contribution in [0.2, 0.25) is 0 Å². The third-order valence-corrected chi connectivity index (χ3v) is 4.49. The number of hydrogen-bond acceptors (Lipinski definition) is 3. The van der Waals surface area contributed by atoms with Gasteiger partial charge in [-0.25, -0.2) is 0 Å². The zero-order valence-electron chi connectivity index (χ0n) is 8.86. The fourth-order valence-corrected chi connectivity index (χ4v) is 3.71. The van der Waals surface area contributed by atoms with Gasteiger partial charge < -0.3 is 0 Å². The van der Waals surface area contributed by atoms with Gasteiger partial charge in [0.05, 0.1) is 0 Å². The van der Waals surface area contributed by atoms with Crippen LogP contribution in [0.5, 0.6) is 0 Å². The number of rotatable bonds is 2. The van der Waals surface area contributed by atoms with Crippen LogP contribution in [0.3, 0.4) is 0 Å². The van der Waals surface area contributed by atoms with Crippen molar-refractivity contribution < 1.29 is 12.6 Å². The molecule has 0 N–H and O–H groups in total. The summed E-state index contributed by atoms with van der Waals surface area (Å²) in [7, 11) is -3.54. The molecule has 1 aromatic rings. The van der Waals surface area contributed by atoms with E-state index >= 15 is 0 Å². The van der Waals surface area contributed by atoms with Crippen LogP contribution in [0.1, 0.15) is 32.3 Å². The van der Waals surface area contributed by atoms with Crippen LogP contribution in [0, 0.1) is 0 Å². The van der Waals surface area contributed by atoms with Crippen molar-refractivity contribution in [2.45, 2.75) is 37.2 Å². The van der Waals surface area contributed by atoms with E-state index in [1.165, 1.54) is 0 Å². The van der Waals surface area contributed by atoms with Crippen molar-refractivity contribution >= 4 is 10.1 Å². The highest BCUT2D eigenvalue weighted by molar-refractivity contribution is 7.87. The maximum absolute atomic E-state index is 11.8. The van der Waals surface area contributed by atoms with Crippen molar-refractivity contribution in [1.29, 1.82) is 0 Å². The molecule has 0 unspecified atom stereocenters. The molecule has 2 rings (SSSR count). The Morgan fingerprint density at radius 1 is 1.20 bits per heavy atom. The van der Waals surface area contributed by atoms with E-state index in [4.69, 9.17) is 4.18 Å². The molecule has 0 saturated heterocycles. The van der Waals surface area contributed by atoms with Gasteiger partial charge in [0.2, 0.25) is 0 Å². The first-order valence-corrected chi connectivity index (χ1v) is 6.52. The summed E-state index contributed by atoms with van der Waals surface area (Å²) in [5.41, 5.74) is 0.158. The predicted molar refractivity (Wildman–Crippen MR) is 57.0 cm³/mol. The van der Waals surface area contributed by atoms with E-state index in [9.17, 15) is 8.42 Å². The van der Waals surface area contributed by atoms with Crippen LogP contribution in [0.15, 0.2) is 29.2 Å². The molecule has 1 heterocycles. The van der Waals surface area contributed by atoms with Gasteiger partial charge in [-0.3, -0.25) is 4.18 Å². The first kappa shape index (κ1) is 10.6. The fourth-order valence-electron chi connectivity index (χ4n) is 2.11. The lowest BCUT2D eigenvalue weighted by Crippen LogP contribution is -2.24. The minimum Gasteiger partial charge on any atom is -0.255 e. The Morgan fingerprint density at radius 3 is 2.40 bits per heavy atom. The van der Waals surface area contributed by atoms with Gasteiger partial charge in [-0.15, -0.1) is 0 Å². The zero-order chi connectivity index (χ0) is 11.1. The molecule has 3 nitrogen and oxygen atoms in total. The summed E-state index contributed by atoms with van der Waals surface area (Å²) in [5, 5.41) is 0. The van der Waals surface area contributed by atoms with Crippen molar-refractivity contribution in [1.82, 2.24) is 0 Å². The van der Waals surface area contributed by atoms with E-state index in [1.807, 2.05) is 26.0 Å². The molecular formula is C11H14O3S. The molecule has 0 saturated carbocycles. The van der Waals surface area contributed by atoms with E-state index in [0.717, 1.165) is 5.56 Å². The Labute approximate surface area is 90.2 Å². The summed E-state index contributed by atoms with van der Waals surface area (Å²) < 4.78 is 28.8. The van der Waals surface area contributed by atoms with Gasteiger partial charge in [0.25, 0.3) is 10.1 Å². The Morgan fingerprint density at radius 2 is 1.80 bits per heavy atom. The average Bonchev–Trinajstić information content (AvgIpc) is 2.49. The summed E-state index contributed by atoms with van der Waals surface area (Å²) in [4.78, 5) is 0.328. The Hall–Kier alpha value is -0.870. The summed E-state index contributed by atoms with van der Waals surface area (Å²) in [6.07, 6.45) is 1.33. The highest BCUT2D eigenvalue weighted by Crippen LogP contribution is 2.45. The summed E-state index contributed by atoms with van der Waals surface area (Å²) >= 11 is 0. The minimum absolute atomic E-state index is 0.328. The van der Waals surface area contributed by atoms with Crippen molar-refractivity contribution in [2.75, 3.05) is 0 Å². The topological polar surface area (TPSA) is 43.4 Å². The van der Waals surface area contributed by atoms with E-state index in [-0.39, 0.29) is 0 Å². The van der Waals surface area contributed by atoms with E-state index in [2.05, 4.69) is 0 Å². The molecule has 1 aliphatic rings. The van der Waals surface area contributed by atoms with E-state index in [1.54, 1.807) is 12.1 Å². The molecular weight excluding hydrogens is 212 g/mol. The van der Waals surface area contributed by atoms with Gasteiger partial charge in [-0.05, 0) is 18.9 Å². The third kappa shape index (κ3) is 1.40. The van der Waals surface area contributed by atoms with Crippen molar-refractivity contribution in [3.05, 3.63) is 29.8 Å². The maximum atomic E-state index is 11.8. The van der Waals surface area contributed by atoms with Crippen LogP contribution in [-0.2, 0) is 19.9 Å². The molecule has 0 aromatic heterocycles. The highest BCUT2D eigenvalue weighted by atomic mass is 32.2. The van der Waals surface area contributed by atoms with Crippen molar-refractivity contribution in [3.63, 3.8) is 0 Å². The molecule has 1 aliphatic heterocycles. The van der Waals surface area contributed by atoms with Gasteiger partial charge in [-0.1, -0.05) is 32.0 Å². The second-order valence-electron chi connectivity index (χ2n) is 3.74. The smallest absolute Gasteiger partial charge is 0.255 e. The van der Waals surface area contributed by atoms with Crippen molar-refractivity contribution in [3.8, 4) is 0 Å². The van der Waals surface area contributed by atoms with Gasteiger partial charge in [0.15, 0.2) is 0 Å². The SMILES string of the molecule is CCC1(CC)OS(=O)(=O)c2ccccc21. The lowest BCUT2D eigenvalue weighted by atomic mass is 9.89. The Balaban J connectivity index is 2.71. The molecule has 0 fully saturated rings. The van der Waals surface area contributed by atoms with Crippen molar-refractivity contribution in [2.24, 2.45) is 0 Å². The lowest BCUT2D eigenvalue weighted by Gasteiger charge is -2.24. The molecule has 82 valence electrons. The lowest BCUT2D eigenvalue weighted by molar-refractivity contribution is 0.0781. The average molecular weight is 226 g/mol. The molecule has 0 bridgehead atoms. The number of hydrogen-bond donors (Lipinski definition) is 0. The Bertz CT molecular complexity index is 472. The number of fused-ring (bicyclic) bond motifs is 1. The van der Waals surface area contributed by atoms with Gasteiger partial charge >= 0.3 is 0 Å². The highest BCUT2D eigenvalue weighted by Gasteiger charge is 2.45. The normalized spacial score (nSPS) is 21.2. The van der Waals surface area contributed by atoms with Crippen LogP contribution in [-0.4, -0.2) is 8.42 Å². The molecule has 1 aromatic carbocycles. The first-order chi connectivity index (χ1) is 7.06. The van der Waals surface area contributed by atoms with Gasteiger partial charge in [0.1, 0.15) is 10.5 Å². The van der Waals surface area contributed by atoms with Crippen LogP contribution < -0.4 is 0 Å². The minimum atomic E-state index is -3.54. The number of benzene rings is 1. The molecule has 15 heavy (non-hydrogen) atoms. The molecule has 0 radical (unpaired) electrons. The quantitative estimate of drug-likeness (QED) is 0.727. The second kappa shape index (κ2) is 3.32. The predicted octanol–water partition coefficient (Wildman–Crippen LogP) is 2.42. The molecule has 0 atom stereocenters. The summed E-state index contributed by atoms with van der Waals surface area (Å²) in [5.74, 6) is 0. The fraction of sp³-hybridized carbons (Fsp3) is 0.455. The van der Waals surface area contributed by atoms with Crippen LogP contribution in [0.25, 0.3) is 0 Å². The zero-order valence-corrected chi connectivity index (χ0v) is 9.67. The molecule has 0 amide bonds. The van der Waals surface area contributed by atoms with E-state index < -0.39 is 15.7 Å². The van der Waals surface area contributed by atoms with Gasteiger partial charge in [-0.2, -0.15) is 8.42 Å². The first-order valence-electron chi connectivity index (χ1n) is 5.11. The Kier molecular flexibility index (Phi) is 2.35. The maximum Gasteiger partial charge on any atom is 0.298 e. The largest absolute Gasteiger partial charge is 0.298 e. The summed E-state index contributed by atoms with van der Waals surface area (Å²) in [6, 6.07) is 7.02. The standard InChI is InChI=1S/C11H14O3S/c1-3-11(4-2)9-7-5-6-8-10(9)15(12,13)14-11/h5-8H,3-4H2,1-2H3. The molecule has 0 aliphatic carbocycles. The third-order valence-electron chi connectivity index (χ3n) is 3.06. The van der Waals surface area contributed by atoms with Gasteiger partial charge in [0, 0.05) is 5.56 Å². The van der Waals surface area contributed by atoms with E-state index in [0.29, 0.717) is 17.7 Å². The second-order valence-corrected chi connectivity index (χ2v) is 5.25. The monoisotopic (exact) mass is 226 g/mol. The van der Waals surface area contributed by atoms with Crippen LogP contribution >= 0.6 is 0 Å². The van der Waals surface area contributed by atoms with Crippen LogP contribution in [0.4, 0.5) is 0 Å². The summed E-state index contributed by atoms with van der Waals surface area (Å²) in [6.45, 7) is 3.89. The molecule has 4 heteroatoms. The molecule has 0 spiro atoms.